The molecule has 17 heavy (non-hydrogen) atoms. The van der Waals surface area contributed by atoms with E-state index in [9.17, 15) is 4.79 Å². The van der Waals surface area contributed by atoms with Gasteiger partial charge < -0.3 is 9.84 Å². The zero-order valence-electron chi connectivity index (χ0n) is 10.3. The lowest BCUT2D eigenvalue weighted by molar-refractivity contribution is -0.142. The molecule has 1 fully saturated rings. The van der Waals surface area contributed by atoms with Gasteiger partial charge >= 0.3 is 5.97 Å². The largest absolute Gasteiger partial charge is 0.481 e. The average molecular weight is 255 g/mol. The van der Waals surface area contributed by atoms with Gasteiger partial charge in [-0.1, -0.05) is 0 Å². The van der Waals surface area contributed by atoms with Gasteiger partial charge in [0.1, 0.15) is 16.0 Å². The Morgan fingerprint density at radius 2 is 2.35 bits per heavy atom. The van der Waals surface area contributed by atoms with E-state index in [2.05, 4.69) is 4.98 Å². The van der Waals surface area contributed by atoms with E-state index in [1.807, 2.05) is 12.3 Å². The Kier molecular flexibility index (Phi) is 2.99. The number of rotatable bonds is 3. The number of hydrogen-bond acceptors (Lipinski definition) is 4. The van der Waals surface area contributed by atoms with Crippen molar-refractivity contribution in [3.05, 3.63) is 16.1 Å². The van der Waals surface area contributed by atoms with Gasteiger partial charge in [-0.2, -0.15) is 0 Å². The fourth-order valence-corrected chi connectivity index (χ4v) is 2.99. The Morgan fingerprint density at radius 1 is 1.65 bits per heavy atom. The molecule has 5 heteroatoms. The van der Waals surface area contributed by atoms with Gasteiger partial charge in [-0.15, -0.1) is 11.3 Å². The molecule has 0 saturated carbocycles. The molecule has 1 atom stereocenters. The zero-order chi connectivity index (χ0) is 12.7. The van der Waals surface area contributed by atoms with Crippen molar-refractivity contribution in [2.75, 3.05) is 6.61 Å². The molecule has 1 aliphatic heterocycles. The first-order valence-electron chi connectivity index (χ1n) is 5.70. The van der Waals surface area contributed by atoms with Crippen molar-refractivity contribution in [3.63, 3.8) is 0 Å². The standard InChI is InChI=1S/C12H17NO3S/c1-11(2,10(14)15)8-7-17-9(13-8)12(3)5-4-6-16-12/h7H,4-6H2,1-3H3,(H,14,15). The first-order chi connectivity index (χ1) is 7.86. The molecule has 0 aromatic carbocycles. The molecule has 0 bridgehead atoms. The zero-order valence-corrected chi connectivity index (χ0v) is 11.1. The smallest absolute Gasteiger partial charge is 0.315 e. The van der Waals surface area contributed by atoms with Crippen molar-refractivity contribution in [1.29, 1.82) is 0 Å². The maximum atomic E-state index is 11.2. The van der Waals surface area contributed by atoms with E-state index in [1.54, 1.807) is 13.8 Å². The maximum absolute atomic E-state index is 11.2. The highest BCUT2D eigenvalue weighted by Crippen LogP contribution is 2.38. The second-order valence-electron chi connectivity index (χ2n) is 5.15. The first kappa shape index (κ1) is 12.5. The predicted octanol–water partition coefficient (Wildman–Crippen LogP) is 2.53. The number of ether oxygens (including phenoxy) is 1. The number of thiazole rings is 1. The summed E-state index contributed by atoms with van der Waals surface area (Å²) in [5, 5.41) is 11.9. The Labute approximate surface area is 105 Å². The van der Waals surface area contributed by atoms with Crippen LogP contribution in [0.25, 0.3) is 0 Å². The highest BCUT2D eigenvalue weighted by Gasteiger charge is 2.38. The van der Waals surface area contributed by atoms with Gasteiger partial charge in [0.25, 0.3) is 0 Å². The molecule has 0 radical (unpaired) electrons. The van der Waals surface area contributed by atoms with Crippen LogP contribution in [0, 0.1) is 0 Å². The van der Waals surface area contributed by atoms with Gasteiger partial charge in [0.15, 0.2) is 0 Å². The number of carbonyl (C=O) groups is 1. The summed E-state index contributed by atoms with van der Waals surface area (Å²) in [5.41, 5.74) is -0.650. The minimum absolute atomic E-state index is 0.322. The molecule has 0 aliphatic carbocycles. The number of aromatic nitrogens is 1. The maximum Gasteiger partial charge on any atom is 0.315 e. The highest BCUT2D eigenvalue weighted by molar-refractivity contribution is 7.09. The molecule has 1 unspecified atom stereocenters. The molecule has 1 aromatic heterocycles. The van der Waals surface area contributed by atoms with E-state index in [1.165, 1.54) is 11.3 Å². The highest BCUT2D eigenvalue weighted by atomic mass is 32.1. The van der Waals surface area contributed by atoms with Crippen molar-refractivity contribution in [3.8, 4) is 0 Å². The van der Waals surface area contributed by atoms with Crippen LogP contribution in [-0.2, 0) is 20.5 Å². The molecule has 2 rings (SSSR count). The Hall–Kier alpha value is -0.940. The quantitative estimate of drug-likeness (QED) is 0.901. The van der Waals surface area contributed by atoms with Crippen LogP contribution in [0.2, 0.25) is 0 Å². The first-order valence-corrected chi connectivity index (χ1v) is 6.58. The molecular weight excluding hydrogens is 238 g/mol. The van der Waals surface area contributed by atoms with E-state index in [0.29, 0.717) is 5.69 Å². The van der Waals surface area contributed by atoms with E-state index in [4.69, 9.17) is 9.84 Å². The van der Waals surface area contributed by atoms with Gasteiger partial charge in [-0.25, -0.2) is 4.98 Å². The summed E-state index contributed by atoms with van der Waals surface area (Å²) in [6.45, 7) is 6.13. The molecule has 4 nitrogen and oxygen atoms in total. The molecule has 0 amide bonds. The van der Waals surface area contributed by atoms with Gasteiger partial charge in [0.05, 0.1) is 5.69 Å². The van der Waals surface area contributed by atoms with Crippen LogP contribution in [0.15, 0.2) is 5.38 Å². The van der Waals surface area contributed by atoms with Crippen molar-refractivity contribution in [2.45, 2.75) is 44.6 Å². The third-order valence-corrected chi connectivity index (χ3v) is 4.44. The molecule has 2 heterocycles. The molecule has 0 spiro atoms. The fraction of sp³-hybridized carbons (Fsp3) is 0.667. The van der Waals surface area contributed by atoms with Gasteiger partial charge in [-0.3, -0.25) is 4.79 Å². The topological polar surface area (TPSA) is 59.4 Å². The van der Waals surface area contributed by atoms with Gasteiger partial charge in [0.2, 0.25) is 0 Å². The Balaban J connectivity index is 2.30. The lowest BCUT2D eigenvalue weighted by Crippen LogP contribution is -2.29. The molecule has 1 saturated heterocycles. The van der Waals surface area contributed by atoms with Crippen LogP contribution in [0.5, 0.6) is 0 Å². The van der Waals surface area contributed by atoms with Crippen LogP contribution < -0.4 is 0 Å². The minimum atomic E-state index is -0.941. The number of carboxylic acid groups (broad SMARTS) is 1. The molecule has 1 aliphatic rings. The summed E-state index contributed by atoms with van der Waals surface area (Å²) < 4.78 is 5.71. The summed E-state index contributed by atoms with van der Waals surface area (Å²) in [6, 6.07) is 0. The van der Waals surface area contributed by atoms with E-state index >= 15 is 0 Å². The van der Waals surface area contributed by atoms with Crippen molar-refractivity contribution in [2.24, 2.45) is 0 Å². The number of aliphatic carboxylic acids is 1. The average Bonchev–Trinajstić information content (AvgIpc) is 2.86. The second-order valence-corrected chi connectivity index (χ2v) is 6.01. The summed E-state index contributed by atoms with van der Waals surface area (Å²) in [5.74, 6) is -0.855. The van der Waals surface area contributed by atoms with Crippen molar-refractivity contribution >= 4 is 17.3 Å². The summed E-state index contributed by atoms with van der Waals surface area (Å²) in [6.07, 6.45) is 1.99. The lowest BCUT2D eigenvalue weighted by atomic mass is 9.90. The predicted molar refractivity (Wildman–Crippen MR) is 65.3 cm³/mol. The van der Waals surface area contributed by atoms with Gasteiger partial charge in [0, 0.05) is 12.0 Å². The van der Waals surface area contributed by atoms with Crippen LogP contribution in [0.4, 0.5) is 0 Å². The molecule has 1 N–H and O–H groups in total. The van der Waals surface area contributed by atoms with Crippen LogP contribution in [0.3, 0.4) is 0 Å². The Bertz CT molecular complexity index is 433. The summed E-state index contributed by atoms with van der Waals surface area (Å²) >= 11 is 1.49. The second kappa shape index (κ2) is 4.07. The third-order valence-electron chi connectivity index (χ3n) is 3.35. The van der Waals surface area contributed by atoms with E-state index in [0.717, 1.165) is 24.5 Å². The summed E-state index contributed by atoms with van der Waals surface area (Å²) in [7, 11) is 0. The summed E-state index contributed by atoms with van der Waals surface area (Å²) in [4.78, 5) is 15.6. The molecule has 94 valence electrons. The normalized spacial score (nSPS) is 25.1. The fourth-order valence-electron chi connectivity index (χ4n) is 1.86. The number of carboxylic acids is 1. The molecular formula is C12H17NO3S. The SMILES string of the molecule is CC1(c2nc(C(C)(C)C(=O)O)cs2)CCCO1. The van der Waals surface area contributed by atoms with Crippen molar-refractivity contribution < 1.29 is 14.6 Å². The van der Waals surface area contributed by atoms with Crippen LogP contribution in [0.1, 0.15) is 44.3 Å². The monoisotopic (exact) mass is 255 g/mol. The van der Waals surface area contributed by atoms with Gasteiger partial charge in [-0.05, 0) is 33.6 Å². The van der Waals surface area contributed by atoms with Crippen LogP contribution in [-0.4, -0.2) is 22.7 Å². The number of nitrogens with zero attached hydrogens (tertiary/aromatic N) is 1. The van der Waals surface area contributed by atoms with Crippen LogP contribution >= 0.6 is 11.3 Å². The van der Waals surface area contributed by atoms with E-state index in [-0.39, 0.29) is 5.60 Å². The number of hydrogen-bond donors (Lipinski definition) is 1. The minimum Gasteiger partial charge on any atom is -0.481 e. The lowest BCUT2D eigenvalue weighted by Gasteiger charge is -2.20. The van der Waals surface area contributed by atoms with E-state index < -0.39 is 11.4 Å². The molecule has 1 aromatic rings. The third kappa shape index (κ3) is 2.09. The Morgan fingerprint density at radius 3 is 2.88 bits per heavy atom. The van der Waals surface area contributed by atoms with Crippen molar-refractivity contribution in [1.82, 2.24) is 4.98 Å².